The first-order chi connectivity index (χ1) is 14.7. The number of oxazole rings is 1. The van der Waals surface area contributed by atoms with Crippen LogP contribution >= 0.6 is 0 Å². The number of sulfonamides is 1. The second kappa shape index (κ2) is 9.36. The average molecular weight is 448 g/mol. The lowest BCUT2D eigenvalue weighted by Gasteiger charge is -2.11. The van der Waals surface area contributed by atoms with Crippen molar-refractivity contribution < 1.29 is 27.1 Å². The van der Waals surface area contributed by atoms with Crippen LogP contribution < -0.4 is 15.2 Å². The van der Waals surface area contributed by atoms with Gasteiger partial charge in [0.2, 0.25) is 10.0 Å². The van der Waals surface area contributed by atoms with Gasteiger partial charge < -0.3 is 13.9 Å². The number of nitrogens with one attached hydrogen (secondary N) is 1. The van der Waals surface area contributed by atoms with Crippen molar-refractivity contribution in [1.82, 2.24) is 9.29 Å². The number of benzene rings is 2. The summed E-state index contributed by atoms with van der Waals surface area (Å²) in [6.45, 7) is 5.45. The van der Waals surface area contributed by atoms with Crippen LogP contribution in [0.4, 0.5) is 0 Å². The van der Waals surface area contributed by atoms with Crippen molar-refractivity contribution in [3.8, 4) is 5.75 Å². The standard InChI is InChI=1S/C21H24N2O7S/c1-4-28-20(24)13-23-18-10-9-17(11-19(18)30-21(23)25)31(26,27)22-12-15-5-7-16(8-6-15)29-14(2)3/h5-11,14,22H,4,12-13H2,1-3H3. The second-order valence-corrected chi connectivity index (χ2v) is 8.79. The topological polar surface area (TPSA) is 117 Å². The molecule has 0 atom stereocenters. The molecule has 0 radical (unpaired) electrons. The number of rotatable bonds is 9. The van der Waals surface area contributed by atoms with Crippen molar-refractivity contribution in [2.24, 2.45) is 0 Å². The summed E-state index contributed by atoms with van der Waals surface area (Å²) < 4.78 is 44.5. The average Bonchev–Trinajstić information content (AvgIpc) is 3.02. The van der Waals surface area contributed by atoms with Crippen LogP contribution in [0.25, 0.3) is 11.1 Å². The number of carbonyl (C=O) groups excluding carboxylic acids is 1. The fourth-order valence-corrected chi connectivity index (χ4v) is 3.95. The number of aromatic nitrogens is 1. The van der Waals surface area contributed by atoms with E-state index in [0.717, 1.165) is 10.1 Å². The van der Waals surface area contributed by atoms with Crippen LogP contribution in [-0.2, 0) is 32.6 Å². The van der Waals surface area contributed by atoms with Gasteiger partial charge >= 0.3 is 11.7 Å². The molecule has 0 spiro atoms. The number of hydrogen-bond acceptors (Lipinski definition) is 7. The molecule has 0 fully saturated rings. The van der Waals surface area contributed by atoms with Gasteiger partial charge in [0.25, 0.3) is 0 Å². The minimum Gasteiger partial charge on any atom is -0.491 e. The Balaban J connectivity index is 1.76. The highest BCUT2D eigenvalue weighted by Crippen LogP contribution is 2.19. The number of nitrogens with zero attached hydrogens (tertiary/aromatic N) is 1. The fraction of sp³-hybridized carbons (Fsp3) is 0.333. The Labute approximate surface area is 179 Å². The summed E-state index contributed by atoms with van der Waals surface area (Å²) in [5, 5.41) is 0. The Bertz CT molecular complexity index is 1220. The van der Waals surface area contributed by atoms with Gasteiger partial charge in [0.1, 0.15) is 12.3 Å². The SMILES string of the molecule is CCOC(=O)Cn1c(=O)oc2cc(S(=O)(=O)NCc3ccc(OC(C)C)cc3)ccc21. The second-order valence-electron chi connectivity index (χ2n) is 7.02. The van der Waals surface area contributed by atoms with Gasteiger partial charge in [0.05, 0.1) is 23.1 Å². The molecule has 1 N–H and O–H groups in total. The summed E-state index contributed by atoms with van der Waals surface area (Å²) in [6, 6.07) is 11.1. The van der Waals surface area contributed by atoms with Crippen molar-refractivity contribution in [3.05, 3.63) is 58.6 Å². The van der Waals surface area contributed by atoms with Crippen molar-refractivity contribution in [2.75, 3.05) is 6.61 Å². The third-order valence-corrected chi connectivity index (χ3v) is 5.70. The van der Waals surface area contributed by atoms with Gasteiger partial charge in [-0.3, -0.25) is 9.36 Å². The monoisotopic (exact) mass is 448 g/mol. The third kappa shape index (κ3) is 5.53. The molecule has 166 valence electrons. The molecule has 2 aromatic carbocycles. The Morgan fingerprint density at radius 1 is 1.16 bits per heavy atom. The van der Waals surface area contributed by atoms with Crippen molar-refractivity contribution in [3.63, 3.8) is 0 Å². The number of ether oxygens (including phenoxy) is 2. The number of hydrogen-bond donors (Lipinski definition) is 1. The molecule has 0 unspecified atom stereocenters. The zero-order valence-electron chi connectivity index (χ0n) is 17.5. The van der Waals surface area contributed by atoms with E-state index in [1.54, 1.807) is 31.2 Å². The van der Waals surface area contributed by atoms with E-state index < -0.39 is 21.7 Å². The maximum absolute atomic E-state index is 12.7. The zero-order valence-corrected chi connectivity index (χ0v) is 18.3. The number of fused-ring (bicyclic) bond motifs is 1. The Hall–Kier alpha value is -3.11. The van der Waals surface area contributed by atoms with E-state index in [0.29, 0.717) is 11.3 Å². The normalized spacial score (nSPS) is 11.7. The molecular formula is C21H24N2O7S. The molecule has 0 amide bonds. The van der Waals surface area contributed by atoms with E-state index in [1.165, 1.54) is 18.2 Å². The highest BCUT2D eigenvalue weighted by Gasteiger charge is 2.19. The van der Waals surface area contributed by atoms with Gasteiger partial charge in [-0.25, -0.2) is 17.9 Å². The quantitative estimate of drug-likeness (QED) is 0.500. The highest BCUT2D eigenvalue weighted by molar-refractivity contribution is 7.89. The Kier molecular flexibility index (Phi) is 6.81. The first kappa shape index (κ1) is 22.6. The predicted molar refractivity (Wildman–Crippen MR) is 113 cm³/mol. The summed E-state index contributed by atoms with van der Waals surface area (Å²) in [5.74, 6) is -0.654. The van der Waals surface area contributed by atoms with E-state index in [1.807, 2.05) is 13.8 Å². The molecule has 1 heterocycles. The van der Waals surface area contributed by atoms with Gasteiger partial charge in [-0.1, -0.05) is 12.1 Å². The van der Waals surface area contributed by atoms with Crippen LogP contribution in [0.2, 0.25) is 0 Å². The number of carbonyl (C=O) groups is 1. The largest absolute Gasteiger partial charge is 0.491 e. The van der Waals surface area contributed by atoms with E-state index in [2.05, 4.69) is 4.72 Å². The van der Waals surface area contributed by atoms with E-state index >= 15 is 0 Å². The van der Waals surface area contributed by atoms with Crippen LogP contribution in [0.15, 0.2) is 56.6 Å². The van der Waals surface area contributed by atoms with Gasteiger partial charge in [-0.05, 0) is 50.6 Å². The summed E-state index contributed by atoms with van der Waals surface area (Å²) in [6.07, 6.45) is 0.0477. The van der Waals surface area contributed by atoms with E-state index in [-0.39, 0.29) is 36.3 Å². The maximum atomic E-state index is 12.7. The van der Waals surface area contributed by atoms with Crippen LogP contribution in [0, 0.1) is 0 Å². The minimum absolute atomic E-state index is 0.0477. The van der Waals surface area contributed by atoms with Gasteiger partial charge in [0.15, 0.2) is 5.58 Å². The van der Waals surface area contributed by atoms with Crippen LogP contribution in [0.1, 0.15) is 26.3 Å². The first-order valence-electron chi connectivity index (χ1n) is 9.74. The van der Waals surface area contributed by atoms with Gasteiger partial charge in [-0.2, -0.15) is 0 Å². The molecule has 31 heavy (non-hydrogen) atoms. The molecule has 3 aromatic rings. The van der Waals surface area contributed by atoms with Crippen LogP contribution in [-0.4, -0.2) is 31.7 Å². The predicted octanol–water partition coefficient (Wildman–Crippen LogP) is 2.42. The maximum Gasteiger partial charge on any atom is 0.420 e. The molecule has 0 aliphatic heterocycles. The molecule has 9 nitrogen and oxygen atoms in total. The molecular weight excluding hydrogens is 424 g/mol. The Morgan fingerprint density at radius 3 is 2.52 bits per heavy atom. The molecule has 0 bridgehead atoms. The third-order valence-electron chi connectivity index (χ3n) is 4.30. The van der Waals surface area contributed by atoms with E-state index in [4.69, 9.17) is 13.9 Å². The van der Waals surface area contributed by atoms with Crippen LogP contribution in [0.3, 0.4) is 0 Å². The lowest BCUT2D eigenvalue weighted by molar-refractivity contribution is -0.143. The summed E-state index contributed by atoms with van der Waals surface area (Å²) >= 11 is 0. The van der Waals surface area contributed by atoms with E-state index in [9.17, 15) is 18.0 Å². The summed E-state index contributed by atoms with van der Waals surface area (Å²) in [7, 11) is -3.86. The molecule has 0 aliphatic rings. The van der Waals surface area contributed by atoms with Crippen molar-refractivity contribution in [2.45, 2.75) is 44.9 Å². The van der Waals surface area contributed by atoms with Crippen LogP contribution in [0.5, 0.6) is 5.75 Å². The molecule has 0 saturated carbocycles. The molecule has 0 saturated heterocycles. The smallest absolute Gasteiger partial charge is 0.420 e. The molecule has 0 aliphatic carbocycles. The highest BCUT2D eigenvalue weighted by atomic mass is 32.2. The minimum atomic E-state index is -3.86. The van der Waals surface area contributed by atoms with Crippen molar-refractivity contribution >= 4 is 27.1 Å². The number of esters is 1. The molecule has 1 aromatic heterocycles. The summed E-state index contributed by atoms with van der Waals surface area (Å²) in [5.41, 5.74) is 1.12. The van der Waals surface area contributed by atoms with Crippen molar-refractivity contribution in [1.29, 1.82) is 0 Å². The Morgan fingerprint density at radius 2 is 1.87 bits per heavy atom. The lowest BCUT2D eigenvalue weighted by atomic mass is 10.2. The molecule has 10 heteroatoms. The molecule has 3 rings (SSSR count). The lowest BCUT2D eigenvalue weighted by Crippen LogP contribution is -2.23. The fourth-order valence-electron chi connectivity index (χ4n) is 2.92. The van der Waals surface area contributed by atoms with Gasteiger partial charge in [0, 0.05) is 12.6 Å². The summed E-state index contributed by atoms with van der Waals surface area (Å²) in [4.78, 5) is 23.7. The van der Waals surface area contributed by atoms with Gasteiger partial charge in [-0.15, -0.1) is 0 Å². The first-order valence-corrected chi connectivity index (χ1v) is 11.2. The zero-order chi connectivity index (χ0) is 22.6.